The zero-order valence-corrected chi connectivity index (χ0v) is 16.8. The lowest BCUT2D eigenvalue weighted by atomic mass is 9.97. The van der Waals surface area contributed by atoms with E-state index in [4.69, 9.17) is 10.5 Å². The highest BCUT2D eigenvalue weighted by atomic mass is 19.1. The zero-order chi connectivity index (χ0) is 21.6. The van der Waals surface area contributed by atoms with Crippen LogP contribution in [-0.2, 0) is 0 Å². The fourth-order valence-corrected chi connectivity index (χ4v) is 3.89. The Morgan fingerprint density at radius 1 is 1.37 bits per heavy atom. The molecule has 30 heavy (non-hydrogen) atoms. The number of hydrogen-bond acceptors (Lipinski definition) is 7. The Hall–Kier alpha value is -3.64. The zero-order valence-electron chi connectivity index (χ0n) is 16.8. The number of amides is 1. The molecule has 1 aromatic heterocycles. The van der Waals surface area contributed by atoms with Crippen LogP contribution < -0.4 is 15.9 Å². The first-order valence-electron chi connectivity index (χ1n) is 9.41. The average Bonchev–Trinajstić information content (AvgIpc) is 3.03. The summed E-state index contributed by atoms with van der Waals surface area (Å²) in [6, 6.07) is 7.58. The Bertz CT molecular complexity index is 1110. The summed E-state index contributed by atoms with van der Waals surface area (Å²) >= 11 is 0. The largest absolute Gasteiger partial charge is 0.482 e. The predicted molar refractivity (Wildman–Crippen MR) is 108 cm³/mol. The minimum atomic E-state index is -0.656. The van der Waals surface area contributed by atoms with Crippen molar-refractivity contribution >= 4 is 17.3 Å². The van der Waals surface area contributed by atoms with E-state index in [-0.39, 0.29) is 24.3 Å². The van der Waals surface area contributed by atoms with E-state index < -0.39 is 11.9 Å². The highest BCUT2D eigenvalue weighted by Crippen LogP contribution is 2.35. The number of pyridine rings is 1. The second-order valence-corrected chi connectivity index (χ2v) is 7.40. The maximum atomic E-state index is 14.0. The van der Waals surface area contributed by atoms with Crippen LogP contribution in [0, 0.1) is 17.1 Å². The molecule has 0 saturated carbocycles. The van der Waals surface area contributed by atoms with Crippen molar-refractivity contribution in [1.82, 2.24) is 20.3 Å². The number of nitrogen functional groups attached to an aromatic ring is 1. The molecule has 0 aliphatic carbocycles. The molecule has 2 aliphatic heterocycles. The number of fused-ring (bicyclic) bond motifs is 5. The number of benzene rings is 1. The molecule has 0 spiro atoms. The number of nitrogens with one attached hydrogen (secondary N) is 1. The van der Waals surface area contributed by atoms with Gasteiger partial charge in [-0.1, -0.05) is 0 Å². The molecule has 3 N–H and O–H groups in total. The molecule has 9 heteroatoms. The average molecular weight is 408 g/mol. The number of rotatable bonds is 0. The van der Waals surface area contributed by atoms with Gasteiger partial charge in [-0.2, -0.15) is 5.26 Å². The number of carbonyl (C=O) groups excluding carboxylic acids is 1. The van der Waals surface area contributed by atoms with Crippen LogP contribution in [0.1, 0.15) is 34.5 Å². The van der Waals surface area contributed by atoms with Crippen LogP contribution in [0.5, 0.6) is 5.75 Å². The number of likely N-dealkylation sites (N-methyl/N-ethyl adjacent to an activating group) is 1. The van der Waals surface area contributed by atoms with E-state index in [0.29, 0.717) is 33.7 Å². The van der Waals surface area contributed by atoms with Gasteiger partial charge in [0.2, 0.25) is 0 Å². The number of ether oxygens (including phenoxy) is 1. The van der Waals surface area contributed by atoms with Gasteiger partial charge in [0.1, 0.15) is 23.7 Å². The maximum absolute atomic E-state index is 14.0. The predicted octanol–water partition coefficient (Wildman–Crippen LogP) is 2.08. The van der Waals surface area contributed by atoms with Gasteiger partial charge in [0.25, 0.3) is 5.91 Å². The summed E-state index contributed by atoms with van der Waals surface area (Å²) in [4.78, 5) is 19.0. The molecule has 0 fully saturated rings. The molecule has 1 aromatic carbocycles. The molecule has 8 nitrogen and oxygen atoms in total. The molecule has 2 atom stereocenters. The number of hydrazine groups is 1. The molecule has 154 valence electrons. The number of nitrogens with zero attached hydrogens (tertiary/aromatic N) is 4. The Labute approximate surface area is 173 Å². The molecule has 2 unspecified atom stereocenters. The smallest absolute Gasteiger partial charge is 0.254 e. The van der Waals surface area contributed by atoms with Gasteiger partial charge in [-0.05, 0) is 31.2 Å². The van der Waals surface area contributed by atoms with Crippen LogP contribution in [0.25, 0.3) is 5.57 Å². The van der Waals surface area contributed by atoms with Crippen LogP contribution in [-0.4, -0.2) is 47.5 Å². The van der Waals surface area contributed by atoms with E-state index >= 15 is 0 Å². The van der Waals surface area contributed by atoms with Crippen LogP contribution in [0.4, 0.5) is 10.2 Å². The highest BCUT2D eigenvalue weighted by Gasteiger charge is 2.34. The first-order valence-corrected chi connectivity index (χ1v) is 9.41. The third-order valence-electron chi connectivity index (χ3n) is 5.38. The van der Waals surface area contributed by atoms with E-state index in [1.54, 1.807) is 43.2 Å². The summed E-state index contributed by atoms with van der Waals surface area (Å²) in [7, 11) is 3.41. The fourth-order valence-electron chi connectivity index (χ4n) is 3.89. The minimum Gasteiger partial charge on any atom is -0.482 e. The minimum absolute atomic E-state index is 0.166. The van der Waals surface area contributed by atoms with E-state index in [1.165, 1.54) is 18.2 Å². The van der Waals surface area contributed by atoms with Crippen molar-refractivity contribution in [2.75, 3.05) is 26.4 Å². The highest BCUT2D eigenvalue weighted by molar-refractivity contribution is 5.96. The number of hydrogen-bond donors (Lipinski definition) is 2. The molecule has 3 heterocycles. The Balaban J connectivity index is 1.92. The van der Waals surface area contributed by atoms with Gasteiger partial charge in [-0.15, -0.1) is 0 Å². The van der Waals surface area contributed by atoms with Gasteiger partial charge in [0.15, 0.2) is 11.6 Å². The molecule has 0 saturated heterocycles. The van der Waals surface area contributed by atoms with Gasteiger partial charge in [-0.25, -0.2) is 14.8 Å². The molecule has 2 bridgehead atoms. The van der Waals surface area contributed by atoms with Crippen molar-refractivity contribution in [2.24, 2.45) is 0 Å². The third-order valence-corrected chi connectivity index (χ3v) is 5.38. The van der Waals surface area contributed by atoms with E-state index in [9.17, 15) is 14.4 Å². The lowest BCUT2D eigenvalue weighted by molar-refractivity contribution is 0.0777. The van der Waals surface area contributed by atoms with Crippen LogP contribution in [0.3, 0.4) is 0 Å². The van der Waals surface area contributed by atoms with Crippen LogP contribution in [0.15, 0.2) is 36.2 Å². The second kappa shape index (κ2) is 7.31. The number of aromatic nitrogens is 1. The quantitative estimate of drug-likeness (QED) is 0.687. The summed E-state index contributed by atoms with van der Waals surface area (Å²) < 4.78 is 20.0. The number of allylic oxidation sites excluding steroid dienone is 1. The number of halogens is 1. The van der Waals surface area contributed by atoms with Gasteiger partial charge in [0.05, 0.1) is 6.04 Å². The van der Waals surface area contributed by atoms with Crippen LogP contribution >= 0.6 is 0 Å². The lowest BCUT2D eigenvalue weighted by Gasteiger charge is -2.27. The SMILES string of the molecule is CC1Oc2cc(cnc2N)C2=C(C#N)N(C)NC2CN(C)C(=O)c2ccc(F)cc21. The van der Waals surface area contributed by atoms with Crippen LogP contribution in [0.2, 0.25) is 0 Å². The summed E-state index contributed by atoms with van der Waals surface area (Å²) in [6.45, 7) is 2.01. The Kier molecular flexibility index (Phi) is 4.79. The standard InChI is InChI=1S/C21H21FN6O2/c1-11-15-7-13(22)4-5-14(15)21(29)27(2)10-16-19(17(8-23)28(3)26-16)12-6-18(30-11)20(24)25-9-12/h4-7,9,11,16,26H,10H2,1-3H3,(H2,24,25). The molecular weight excluding hydrogens is 387 g/mol. The summed E-state index contributed by atoms with van der Waals surface area (Å²) in [5, 5.41) is 11.3. The molecule has 2 aliphatic rings. The van der Waals surface area contributed by atoms with Crippen molar-refractivity contribution < 1.29 is 13.9 Å². The molecule has 1 amide bonds. The molecule has 2 aromatic rings. The lowest BCUT2D eigenvalue weighted by Crippen LogP contribution is -2.43. The van der Waals surface area contributed by atoms with E-state index in [2.05, 4.69) is 16.5 Å². The van der Waals surface area contributed by atoms with E-state index in [1.807, 2.05) is 0 Å². The number of anilines is 1. The Morgan fingerprint density at radius 3 is 2.87 bits per heavy atom. The van der Waals surface area contributed by atoms with Crippen molar-refractivity contribution in [2.45, 2.75) is 19.1 Å². The van der Waals surface area contributed by atoms with Gasteiger partial charge >= 0.3 is 0 Å². The van der Waals surface area contributed by atoms with Crippen molar-refractivity contribution in [3.05, 3.63) is 58.7 Å². The monoisotopic (exact) mass is 408 g/mol. The summed E-state index contributed by atoms with van der Waals surface area (Å²) in [5.74, 6) is -0.270. The summed E-state index contributed by atoms with van der Waals surface area (Å²) in [6.07, 6.45) is 0.922. The summed E-state index contributed by atoms with van der Waals surface area (Å²) in [5.41, 5.74) is 11.8. The van der Waals surface area contributed by atoms with Gasteiger partial charge in [-0.3, -0.25) is 4.79 Å². The fraction of sp³-hybridized carbons (Fsp3) is 0.286. The normalized spacial score (nSPS) is 21.2. The topological polar surface area (TPSA) is 108 Å². The van der Waals surface area contributed by atoms with Crippen molar-refractivity contribution in [1.29, 1.82) is 5.26 Å². The van der Waals surface area contributed by atoms with Gasteiger partial charge in [0, 0.05) is 49.1 Å². The van der Waals surface area contributed by atoms with Crippen molar-refractivity contribution in [3.8, 4) is 11.8 Å². The van der Waals surface area contributed by atoms with E-state index in [0.717, 1.165) is 0 Å². The molecule has 0 radical (unpaired) electrons. The first kappa shape index (κ1) is 19.7. The number of nitrogens with two attached hydrogens (primary N) is 1. The second-order valence-electron chi connectivity index (χ2n) is 7.40. The molecule has 4 rings (SSSR count). The third kappa shape index (κ3) is 3.21. The number of nitriles is 1. The Morgan fingerprint density at radius 2 is 2.13 bits per heavy atom. The van der Waals surface area contributed by atoms with Gasteiger partial charge < -0.3 is 20.4 Å². The first-order chi connectivity index (χ1) is 14.3. The van der Waals surface area contributed by atoms with Crippen molar-refractivity contribution in [3.63, 3.8) is 0 Å². The number of carbonyl (C=O) groups is 1. The maximum Gasteiger partial charge on any atom is 0.254 e. The molecular formula is C21H21FN6O2.